The Labute approximate surface area is 116 Å². The molecular weight excluding hydrogens is 230 g/mol. The lowest BCUT2D eigenvalue weighted by Gasteiger charge is -2.12. The molecule has 3 rings (SSSR count). The number of rotatable bonds is 2. The largest absolute Gasteiger partial charge is 0.256 e. The van der Waals surface area contributed by atoms with Crippen molar-refractivity contribution in [2.24, 2.45) is 11.8 Å². The third-order valence-electron chi connectivity index (χ3n) is 4.63. The fraction of sp³-hybridized carbons (Fsp3) is 0.500. The molecule has 1 heterocycles. The molecule has 100 valence electrons. The maximum absolute atomic E-state index is 4.57. The minimum atomic E-state index is 0.561. The van der Waals surface area contributed by atoms with Crippen molar-refractivity contribution in [3.05, 3.63) is 41.1 Å². The zero-order valence-electron chi connectivity index (χ0n) is 12.4. The highest BCUT2D eigenvalue weighted by molar-refractivity contribution is 5.84. The molecule has 2 aromatic rings. The quantitative estimate of drug-likeness (QED) is 0.754. The molecule has 0 fully saturated rings. The number of fused-ring (bicyclic) bond motifs is 2. The van der Waals surface area contributed by atoms with Crippen LogP contribution in [0.1, 0.15) is 50.3 Å². The SMILES string of the molecule is CC(C)c1ccnc2cc3c(cc12)CC(C(C)C)C3. The van der Waals surface area contributed by atoms with Crippen molar-refractivity contribution in [3.8, 4) is 0 Å². The Morgan fingerprint density at radius 1 is 1.05 bits per heavy atom. The Morgan fingerprint density at radius 2 is 1.74 bits per heavy atom. The number of aromatic nitrogens is 1. The molecule has 0 spiro atoms. The van der Waals surface area contributed by atoms with Crippen LogP contribution in [0.2, 0.25) is 0 Å². The molecule has 0 bridgehead atoms. The van der Waals surface area contributed by atoms with Gasteiger partial charge in [-0.05, 0) is 65.5 Å². The van der Waals surface area contributed by atoms with Gasteiger partial charge in [-0.15, -0.1) is 0 Å². The van der Waals surface area contributed by atoms with Crippen LogP contribution in [0.15, 0.2) is 24.4 Å². The maximum Gasteiger partial charge on any atom is 0.0707 e. The van der Waals surface area contributed by atoms with Gasteiger partial charge in [-0.1, -0.05) is 27.7 Å². The molecule has 1 aromatic heterocycles. The van der Waals surface area contributed by atoms with Crippen LogP contribution >= 0.6 is 0 Å². The van der Waals surface area contributed by atoms with Gasteiger partial charge in [-0.25, -0.2) is 0 Å². The number of nitrogens with zero attached hydrogens (tertiary/aromatic N) is 1. The highest BCUT2D eigenvalue weighted by atomic mass is 14.6. The molecule has 1 aliphatic rings. The zero-order chi connectivity index (χ0) is 13.6. The lowest BCUT2D eigenvalue weighted by atomic mass is 9.93. The molecule has 1 nitrogen and oxygen atoms in total. The van der Waals surface area contributed by atoms with Crippen molar-refractivity contribution < 1.29 is 0 Å². The van der Waals surface area contributed by atoms with E-state index in [1.807, 2.05) is 6.20 Å². The number of benzene rings is 1. The fourth-order valence-electron chi connectivity index (χ4n) is 3.29. The highest BCUT2D eigenvalue weighted by Gasteiger charge is 2.24. The van der Waals surface area contributed by atoms with Gasteiger partial charge >= 0.3 is 0 Å². The number of hydrogen-bond acceptors (Lipinski definition) is 1. The number of hydrogen-bond donors (Lipinski definition) is 0. The van der Waals surface area contributed by atoms with E-state index in [-0.39, 0.29) is 0 Å². The molecule has 1 aliphatic carbocycles. The first kappa shape index (κ1) is 12.7. The Kier molecular flexibility index (Phi) is 3.08. The Balaban J connectivity index is 2.12. The lowest BCUT2D eigenvalue weighted by Crippen LogP contribution is -2.07. The summed E-state index contributed by atoms with van der Waals surface area (Å²) in [6, 6.07) is 6.92. The summed E-state index contributed by atoms with van der Waals surface area (Å²) in [5, 5.41) is 1.36. The smallest absolute Gasteiger partial charge is 0.0707 e. The first-order valence-corrected chi connectivity index (χ1v) is 7.46. The van der Waals surface area contributed by atoms with Crippen LogP contribution in [0.5, 0.6) is 0 Å². The molecular formula is C18H23N. The van der Waals surface area contributed by atoms with E-state index in [9.17, 15) is 0 Å². The normalized spacial score (nSPS) is 18.5. The Morgan fingerprint density at radius 3 is 2.37 bits per heavy atom. The van der Waals surface area contributed by atoms with E-state index in [1.165, 1.54) is 34.9 Å². The van der Waals surface area contributed by atoms with Crippen LogP contribution in [0.4, 0.5) is 0 Å². The van der Waals surface area contributed by atoms with Crippen LogP contribution in [-0.2, 0) is 12.8 Å². The average Bonchev–Trinajstić information content (AvgIpc) is 2.78. The summed E-state index contributed by atoms with van der Waals surface area (Å²) >= 11 is 0. The molecule has 0 radical (unpaired) electrons. The van der Waals surface area contributed by atoms with E-state index < -0.39 is 0 Å². The lowest BCUT2D eigenvalue weighted by molar-refractivity contribution is 0.404. The summed E-state index contributed by atoms with van der Waals surface area (Å²) in [4.78, 5) is 4.57. The van der Waals surface area contributed by atoms with Crippen molar-refractivity contribution in [2.45, 2.75) is 46.5 Å². The fourth-order valence-corrected chi connectivity index (χ4v) is 3.29. The van der Waals surface area contributed by atoms with Gasteiger partial charge < -0.3 is 0 Å². The highest BCUT2D eigenvalue weighted by Crippen LogP contribution is 2.35. The zero-order valence-corrected chi connectivity index (χ0v) is 12.4. The molecule has 1 aromatic carbocycles. The molecule has 1 unspecified atom stereocenters. The molecule has 1 heteroatoms. The van der Waals surface area contributed by atoms with E-state index in [0.29, 0.717) is 5.92 Å². The summed E-state index contributed by atoms with van der Waals surface area (Å²) in [5.74, 6) is 2.15. The molecule has 0 N–H and O–H groups in total. The molecule has 0 saturated carbocycles. The van der Waals surface area contributed by atoms with Gasteiger partial charge in [0.2, 0.25) is 0 Å². The summed E-state index contributed by atoms with van der Waals surface area (Å²) in [5.41, 5.74) is 5.69. The predicted octanol–water partition coefficient (Wildman–Crippen LogP) is 4.73. The number of pyridine rings is 1. The Hall–Kier alpha value is -1.37. The van der Waals surface area contributed by atoms with Crippen molar-refractivity contribution in [1.29, 1.82) is 0 Å². The van der Waals surface area contributed by atoms with E-state index in [4.69, 9.17) is 0 Å². The molecule has 0 amide bonds. The standard InChI is InChI=1S/C18H23N/c1-11(2)13-7-14-9-17-16(12(3)4)5-6-19-18(17)10-15(14)8-13/h5-6,9-13H,7-8H2,1-4H3. The van der Waals surface area contributed by atoms with Gasteiger partial charge in [0.15, 0.2) is 0 Å². The van der Waals surface area contributed by atoms with Crippen LogP contribution in [-0.4, -0.2) is 4.98 Å². The van der Waals surface area contributed by atoms with Crippen LogP contribution < -0.4 is 0 Å². The Bertz CT molecular complexity index is 610. The van der Waals surface area contributed by atoms with E-state index in [2.05, 4.69) is 50.9 Å². The van der Waals surface area contributed by atoms with Crippen LogP contribution in [0.25, 0.3) is 10.9 Å². The van der Waals surface area contributed by atoms with Gasteiger partial charge in [0.25, 0.3) is 0 Å². The van der Waals surface area contributed by atoms with E-state index in [0.717, 1.165) is 11.8 Å². The summed E-state index contributed by atoms with van der Waals surface area (Å²) in [7, 11) is 0. The van der Waals surface area contributed by atoms with Gasteiger partial charge in [0.1, 0.15) is 0 Å². The predicted molar refractivity (Wildman–Crippen MR) is 81.6 cm³/mol. The molecule has 19 heavy (non-hydrogen) atoms. The second-order valence-electron chi connectivity index (χ2n) is 6.61. The molecule has 0 aliphatic heterocycles. The molecule has 0 saturated heterocycles. The maximum atomic E-state index is 4.57. The van der Waals surface area contributed by atoms with Crippen molar-refractivity contribution in [2.75, 3.05) is 0 Å². The van der Waals surface area contributed by atoms with Crippen molar-refractivity contribution in [1.82, 2.24) is 4.98 Å². The van der Waals surface area contributed by atoms with Gasteiger partial charge in [0, 0.05) is 11.6 Å². The average molecular weight is 253 g/mol. The van der Waals surface area contributed by atoms with Crippen LogP contribution in [0.3, 0.4) is 0 Å². The van der Waals surface area contributed by atoms with Gasteiger partial charge in [0.05, 0.1) is 5.52 Å². The third kappa shape index (κ3) is 2.16. The van der Waals surface area contributed by atoms with Crippen LogP contribution in [0, 0.1) is 11.8 Å². The summed E-state index contributed by atoms with van der Waals surface area (Å²) in [6.45, 7) is 9.21. The van der Waals surface area contributed by atoms with E-state index in [1.54, 1.807) is 5.56 Å². The van der Waals surface area contributed by atoms with Crippen molar-refractivity contribution in [3.63, 3.8) is 0 Å². The summed E-state index contributed by atoms with van der Waals surface area (Å²) < 4.78 is 0. The molecule has 1 atom stereocenters. The minimum absolute atomic E-state index is 0.561. The first-order valence-electron chi connectivity index (χ1n) is 7.46. The van der Waals surface area contributed by atoms with Gasteiger partial charge in [-0.3, -0.25) is 4.98 Å². The van der Waals surface area contributed by atoms with Gasteiger partial charge in [-0.2, -0.15) is 0 Å². The second-order valence-corrected chi connectivity index (χ2v) is 6.61. The summed E-state index contributed by atoms with van der Waals surface area (Å²) in [6.07, 6.45) is 4.44. The topological polar surface area (TPSA) is 12.9 Å². The van der Waals surface area contributed by atoms with E-state index >= 15 is 0 Å². The first-order chi connectivity index (χ1) is 9.06. The minimum Gasteiger partial charge on any atom is -0.256 e. The monoisotopic (exact) mass is 253 g/mol. The third-order valence-corrected chi connectivity index (χ3v) is 4.63. The second kappa shape index (κ2) is 4.63. The van der Waals surface area contributed by atoms with Crippen molar-refractivity contribution >= 4 is 10.9 Å².